The molecule has 7 nitrogen and oxygen atoms in total. The minimum absolute atomic E-state index is 0.223. The molecule has 1 aliphatic heterocycles. The number of piperazine rings is 1. The molecule has 2 heterocycles. The van der Waals surface area contributed by atoms with Crippen molar-refractivity contribution < 1.29 is 14.3 Å². The van der Waals surface area contributed by atoms with Gasteiger partial charge in [0.1, 0.15) is 5.82 Å². The number of carbonyl (C=O) groups is 1. The van der Waals surface area contributed by atoms with Crippen LogP contribution in [0.25, 0.3) is 0 Å². The SMILES string of the molecule is COCCN(CCOC)CCC(=O)N1CCN(c2ccccn2)CC1. The van der Waals surface area contributed by atoms with Crippen molar-refractivity contribution in [3.05, 3.63) is 24.4 Å². The lowest BCUT2D eigenvalue weighted by Crippen LogP contribution is -2.49. The van der Waals surface area contributed by atoms with Crippen LogP contribution in [0.1, 0.15) is 6.42 Å². The Morgan fingerprint density at radius 3 is 2.32 bits per heavy atom. The van der Waals surface area contributed by atoms with E-state index in [0.717, 1.165) is 51.6 Å². The second-order valence-electron chi connectivity index (χ2n) is 6.13. The quantitative estimate of drug-likeness (QED) is 0.620. The predicted octanol–water partition coefficient (Wildman–Crippen LogP) is 0.715. The number of hydrogen-bond acceptors (Lipinski definition) is 6. The zero-order chi connectivity index (χ0) is 17.9. The molecule has 0 spiro atoms. The summed E-state index contributed by atoms with van der Waals surface area (Å²) in [5, 5.41) is 0. The molecule has 1 fully saturated rings. The van der Waals surface area contributed by atoms with Gasteiger partial charge < -0.3 is 19.3 Å². The first-order chi connectivity index (χ1) is 12.2. The average Bonchev–Trinajstić information content (AvgIpc) is 2.68. The molecule has 0 aromatic carbocycles. The van der Waals surface area contributed by atoms with E-state index in [1.807, 2.05) is 29.3 Å². The molecule has 140 valence electrons. The fourth-order valence-corrected chi connectivity index (χ4v) is 2.91. The lowest BCUT2D eigenvalue weighted by atomic mass is 10.2. The van der Waals surface area contributed by atoms with E-state index in [9.17, 15) is 4.79 Å². The highest BCUT2D eigenvalue weighted by molar-refractivity contribution is 5.76. The fraction of sp³-hybridized carbons (Fsp3) is 0.667. The number of methoxy groups -OCH3 is 2. The van der Waals surface area contributed by atoms with Crippen LogP contribution in [-0.2, 0) is 14.3 Å². The Hall–Kier alpha value is -1.70. The molecule has 1 amide bonds. The third-order valence-corrected chi connectivity index (χ3v) is 4.47. The monoisotopic (exact) mass is 350 g/mol. The molecular formula is C18H30N4O3. The highest BCUT2D eigenvalue weighted by atomic mass is 16.5. The van der Waals surface area contributed by atoms with E-state index >= 15 is 0 Å². The lowest BCUT2D eigenvalue weighted by molar-refractivity contribution is -0.131. The van der Waals surface area contributed by atoms with Crippen molar-refractivity contribution in [2.24, 2.45) is 0 Å². The molecule has 2 rings (SSSR count). The number of carbonyl (C=O) groups excluding carboxylic acids is 1. The zero-order valence-electron chi connectivity index (χ0n) is 15.4. The van der Waals surface area contributed by atoms with Gasteiger partial charge in [0.15, 0.2) is 0 Å². The van der Waals surface area contributed by atoms with Gasteiger partial charge in [0, 0.05) is 72.7 Å². The Balaban J connectivity index is 1.73. The van der Waals surface area contributed by atoms with Crippen molar-refractivity contribution in [3.8, 4) is 0 Å². The summed E-state index contributed by atoms with van der Waals surface area (Å²) < 4.78 is 10.3. The molecule has 0 atom stereocenters. The fourth-order valence-electron chi connectivity index (χ4n) is 2.91. The Morgan fingerprint density at radius 2 is 1.76 bits per heavy atom. The maximum Gasteiger partial charge on any atom is 0.223 e. The van der Waals surface area contributed by atoms with Gasteiger partial charge in [0.25, 0.3) is 0 Å². The summed E-state index contributed by atoms with van der Waals surface area (Å²) in [6.07, 6.45) is 2.35. The van der Waals surface area contributed by atoms with Crippen LogP contribution < -0.4 is 4.90 Å². The summed E-state index contributed by atoms with van der Waals surface area (Å²) in [5.74, 6) is 1.21. The predicted molar refractivity (Wildman–Crippen MR) is 97.8 cm³/mol. The van der Waals surface area contributed by atoms with E-state index in [2.05, 4.69) is 14.8 Å². The van der Waals surface area contributed by atoms with Crippen molar-refractivity contribution in [2.45, 2.75) is 6.42 Å². The Labute approximate surface area is 150 Å². The first-order valence-electron chi connectivity index (χ1n) is 8.88. The topological polar surface area (TPSA) is 58.1 Å². The van der Waals surface area contributed by atoms with Gasteiger partial charge in [-0.1, -0.05) is 6.07 Å². The number of pyridine rings is 1. The summed E-state index contributed by atoms with van der Waals surface area (Å²) in [4.78, 5) is 23.3. The number of anilines is 1. The van der Waals surface area contributed by atoms with Gasteiger partial charge in [0.05, 0.1) is 13.2 Å². The molecule has 0 radical (unpaired) electrons. The molecule has 7 heteroatoms. The molecule has 1 aromatic rings. The maximum absolute atomic E-state index is 12.5. The molecule has 25 heavy (non-hydrogen) atoms. The minimum atomic E-state index is 0.223. The van der Waals surface area contributed by atoms with Crippen LogP contribution in [0.2, 0.25) is 0 Å². The number of amides is 1. The molecular weight excluding hydrogens is 320 g/mol. The number of hydrogen-bond donors (Lipinski definition) is 0. The van der Waals surface area contributed by atoms with Crippen molar-refractivity contribution in [2.75, 3.05) is 78.1 Å². The minimum Gasteiger partial charge on any atom is -0.383 e. The third kappa shape index (κ3) is 6.61. The van der Waals surface area contributed by atoms with Gasteiger partial charge in [-0.3, -0.25) is 9.69 Å². The van der Waals surface area contributed by atoms with E-state index in [-0.39, 0.29) is 5.91 Å². The largest absolute Gasteiger partial charge is 0.383 e. The van der Waals surface area contributed by atoms with Gasteiger partial charge >= 0.3 is 0 Å². The first kappa shape index (κ1) is 19.6. The summed E-state index contributed by atoms with van der Waals surface area (Å²) in [6, 6.07) is 5.93. The van der Waals surface area contributed by atoms with E-state index in [4.69, 9.17) is 9.47 Å². The summed E-state index contributed by atoms with van der Waals surface area (Å²) in [5.41, 5.74) is 0. The lowest BCUT2D eigenvalue weighted by Gasteiger charge is -2.35. The van der Waals surface area contributed by atoms with Gasteiger partial charge in [-0.15, -0.1) is 0 Å². The standard InChI is InChI=1S/C18H30N4O3/c1-24-15-13-20(14-16-25-2)8-6-18(23)22-11-9-21(10-12-22)17-5-3-4-7-19-17/h3-5,7H,6,8-16H2,1-2H3. The highest BCUT2D eigenvalue weighted by Crippen LogP contribution is 2.13. The van der Waals surface area contributed by atoms with Crippen molar-refractivity contribution in [1.82, 2.24) is 14.8 Å². The van der Waals surface area contributed by atoms with E-state index in [1.54, 1.807) is 14.2 Å². The Bertz CT molecular complexity index is 484. The van der Waals surface area contributed by atoms with E-state index in [1.165, 1.54) is 0 Å². The van der Waals surface area contributed by atoms with Crippen LogP contribution in [0.3, 0.4) is 0 Å². The molecule has 0 aliphatic carbocycles. The Kier molecular flexibility index (Phi) is 8.65. The normalized spacial score (nSPS) is 15.0. The van der Waals surface area contributed by atoms with Gasteiger partial charge in [-0.2, -0.15) is 0 Å². The first-order valence-corrected chi connectivity index (χ1v) is 8.88. The second kappa shape index (κ2) is 11.0. The van der Waals surface area contributed by atoms with Crippen LogP contribution >= 0.6 is 0 Å². The number of ether oxygens (including phenoxy) is 2. The molecule has 0 unspecified atom stereocenters. The van der Waals surface area contributed by atoms with Crippen molar-refractivity contribution in [3.63, 3.8) is 0 Å². The summed E-state index contributed by atoms with van der Waals surface area (Å²) in [6.45, 7) is 6.89. The molecule has 1 aliphatic rings. The maximum atomic E-state index is 12.5. The third-order valence-electron chi connectivity index (χ3n) is 4.47. The number of rotatable bonds is 10. The zero-order valence-corrected chi connectivity index (χ0v) is 15.4. The van der Waals surface area contributed by atoms with Crippen LogP contribution in [-0.4, -0.2) is 93.9 Å². The van der Waals surface area contributed by atoms with Crippen molar-refractivity contribution >= 4 is 11.7 Å². The molecule has 0 bridgehead atoms. The number of aromatic nitrogens is 1. The Morgan fingerprint density at radius 1 is 1.08 bits per heavy atom. The van der Waals surface area contributed by atoms with Crippen LogP contribution in [0.15, 0.2) is 24.4 Å². The van der Waals surface area contributed by atoms with Crippen LogP contribution in [0.4, 0.5) is 5.82 Å². The summed E-state index contributed by atoms with van der Waals surface area (Å²) in [7, 11) is 3.39. The van der Waals surface area contributed by atoms with Gasteiger partial charge in [-0.05, 0) is 12.1 Å². The molecule has 1 aromatic heterocycles. The highest BCUT2D eigenvalue weighted by Gasteiger charge is 2.22. The number of nitrogens with zero attached hydrogens (tertiary/aromatic N) is 4. The van der Waals surface area contributed by atoms with Crippen LogP contribution in [0, 0.1) is 0 Å². The van der Waals surface area contributed by atoms with Gasteiger partial charge in [-0.25, -0.2) is 4.98 Å². The average molecular weight is 350 g/mol. The van der Waals surface area contributed by atoms with Gasteiger partial charge in [0.2, 0.25) is 5.91 Å². The van der Waals surface area contributed by atoms with Crippen molar-refractivity contribution in [1.29, 1.82) is 0 Å². The smallest absolute Gasteiger partial charge is 0.223 e. The molecule has 0 saturated carbocycles. The molecule has 1 saturated heterocycles. The molecule has 0 N–H and O–H groups in total. The second-order valence-corrected chi connectivity index (χ2v) is 6.13. The van der Waals surface area contributed by atoms with E-state index in [0.29, 0.717) is 19.6 Å². The van der Waals surface area contributed by atoms with E-state index < -0.39 is 0 Å². The van der Waals surface area contributed by atoms with Crippen LogP contribution in [0.5, 0.6) is 0 Å². The summed E-state index contributed by atoms with van der Waals surface area (Å²) >= 11 is 0.